The van der Waals surface area contributed by atoms with Crippen LogP contribution in [0.4, 0.5) is 0 Å². The van der Waals surface area contributed by atoms with Crippen molar-refractivity contribution in [2.75, 3.05) is 33.7 Å². The molecule has 3 aromatic heterocycles. The van der Waals surface area contributed by atoms with E-state index in [9.17, 15) is 18.0 Å². The Hall–Kier alpha value is -3.32. The van der Waals surface area contributed by atoms with Gasteiger partial charge in [-0.15, -0.1) is 11.3 Å². The zero-order valence-electron chi connectivity index (χ0n) is 20.7. The summed E-state index contributed by atoms with van der Waals surface area (Å²) >= 11 is 7.31. The van der Waals surface area contributed by atoms with Crippen LogP contribution in [0.3, 0.4) is 0 Å². The quantitative estimate of drug-likeness (QED) is 0.378. The van der Waals surface area contributed by atoms with Crippen molar-refractivity contribution < 1.29 is 18.0 Å². The number of hydrogen-bond acceptors (Lipinski definition) is 7. The van der Waals surface area contributed by atoms with Gasteiger partial charge in [0.15, 0.2) is 5.01 Å². The molecular weight excluding hydrogens is 548 g/mol. The number of fused-ring (bicyclic) bond motifs is 1. The highest BCUT2D eigenvalue weighted by Gasteiger charge is 2.39. The van der Waals surface area contributed by atoms with Crippen molar-refractivity contribution in [2.24, 2.45) is 0 Å². The Morgan fingerprint density at radius 3 is 2.66 bits per heavy atom. The molecule has 1 saturated heterocycles. The standard InChI is InChI=1S/C25H25ClN6O4S2/c1-30(2)23(33)13-19-15-31(38(35,36)22-12-17-11-18(26)3-4-20(17)29-22)9-10-32(19)25(34)24-28-14-21(37-24)16-5-7-27-8-6-16/h3-8,11-12,14,19,29H,9-10,13,15H2,1-2H3. The lowest BCUT2D eigenvalue weighted by Crippen LogP contribution is -2.57. The van der Waals surface area contributed by atoms with E-state index >= 15 is 0 Å². The molecule has 5 rings (SSSR count). The Balaban J connectivity index is 1.41. The molecular formula is C25H25ClN6O4S2. The number of benzene rings is 1. The number of piperazine rings is 1. The first-order valence-corrected chi connectivity index (χ1v) is 14.4. The number of nitrogens with one attached hydrogen (secondary N) is 1. The molecule has 4 aromatic rings. The molecule has 1 aliphatic heterocycles. The molecule has 38 heavy (non-hydrogen) atoms. The molecule has 1 aromatic carbocycles. The number of pyridine rings is 1. The van der Waals surface area contributed by atoms with E-state index in [1.54, 1.807) is 61.9 Å². The molecule has 1 unspecified atom stereocenters. The predicted molar refractivity (Wildman–Crippen MR) is 146 cm³/mol. The number of thiazole rings is 1. The van der Waals surface area contributed by atoms with Gasteiger partial charge in [-0.2, -0.15) is 4.31 Å². The molecule has 0 radical (unpaired) electrons. The highest BCUT2D eigenvalue weighted by atomic mass is 35.5. The van der Waals surface area contributed by atoms with Gasteiger partial charge >= 0.3 is 0 Å². The molecule has 13 heteroatoms. The number of sulfonamides is 1. The number of aromatic amines is 1. The average Bonchev–Trinajstić information content (AvgIpc) is 3.56. The maximum Gasteiger partial charge on any atom is 0.283 e. The largest absolute Gasteiger partial charge is 0.349 e. The molecule has 2 amide bonds. The fourth-order valence-corrected chi connectivity index (χ4v) is 6.91. The average molecular weight is 573 g/mol. The molecule has 198 valence electrons. The zero-order valence-corrected chi connectivity index (χ0v) is 23.1. The second-order valence-electron chi connectivity index (χ2n) is 9.14. The van der Waals surface area contributed by atoms with Crippen LogP contribution in [0, 0.1) is 0 Å². The van der Waals surface area contributed by atoms with Crippen LogP contribution in [0.2, 0.25) is 5.02 Å². The fraction of sp³-hybridized carbons (Fsp3) is 0.280. The highest BCUT2D eigenvalue weighted by molar-refractivity contribution is 7.89. The van der Waals surface area contributed by atoms with E-state index in [-0.39, 0.29) is 47.9 Å². The van der Waals surface area contributed by atoms with E-state index in [1.807, 2.05) is 12.1 Å². The van der Waals surface area contributed by atoms with Crippen molar-refractivity contribution in [1.29, 1.82) is 0 Å². The van der Waals surface area contributed by atoms with Crippen LogP contribution in [-0.2, 0) is 14.8 Å². The summed E-state index contributed by atoms with van der Waals surface area (Å²) in [7, 11) is -0.662. The second-order valence-corrected chi connectivity index (χ2v) is 12.5. The first kappa shape index (κ1) is 26.3. The summed E-state index contributed by atoms with van der Waals surface area (Å²) in [6.45, 7) is 0.186. The number of hydrogen-bond donors (Lipinski definition) is 1. The lowest BCUT2D eigenvalue weighted by Gasteiger charge is -2.40. The van der Waals surface area contributed by atoms with Crippen molar-refractivity contribution in [2.45, 2.75) is 17.5 Å². The van der Waals surface area contributed by atoms with Crippen molar-refractivity contribution in [3.63, 3.8) is 0 Å². The third kappa shape index (κ3) is 5.17. The van der Waals surface area contributed by atoms with Gasteiger partial charge in [-0.1, -0.05) is 11.6 Å². The van der Waals surface area contributed by atoms with Gasteiger partial charge in [-0.3, -0.25) is 14.6 Å². The van der Waals surface area contributed by atoms with Gasteiger partial charge in [0.2, 0.25) is 5.91 Å². The molecule has 0 spiro atoms. The number of aromatic nitrogens is 3. The lowest BCUT2D eigenvalue weighted by atomic mass is 10.1. The summed E-state index contributed by atoms with van der Waals surface area (Å²) in [5.41, 5.74) is 1.54. The monoisotopic (exact) mass is 572 g/mol. The number of amides is 2. The van der Waals surface area contributed by atoms with Gasteiger partial charge in [0.05, 0.1) is 10.9 Å². The first-order chi connectivity index (χ1) is 18.1. The molecule has 10 nitrogen and oxygen atoms in total. The first-order valence-electron chi connectivity index (χ1n) is 11.8. The van der Waals surface area contributed by atoms with Crippen molar-refractivity contribution in [1.82, 2.24) is 29.1 Å². The minimum absolute atomic E-state index is 0.0182. The Labute approximate surface area is 228 Å². The molecule has 0 aliphatic carbocycles. The second kappa shape index (κ2) is 10.4. The minimum atomic E-state index is -3.92. The SMILES string of the molecule is CN(C)C(=O)CC1CN(S(=O)(=O)c2cc3cc(Cl)ccc3[nH]2)CCN1C(=O)c1ncc(-c2ccncc2)s1. The Morgan fingerprint density at radius 2 is 1.92 bits per heavy atom. The molecule has 1 aliphatic rings. The van der Waals surface area contributed by atoms with Crippen molar-refractivity contribution in [3.8, 4) is 10.4 Å². The number of nitrogens with zero attached hydrogens (tertiary/aromatic N) is 5. The normalized spacial score (nSPS) is 16.6. The number of halogens is 1. The van der Waals surface area contributed by atoms with Crippen LogP contribution in [-0.4, -0.2) is 89.1 Å². The topological polar surface area (TPSA) is 120 Å². The lowest BCUT2D eigenvalue weighted by molar-refractivity contribution is -0.130. The summed E-state index contributed by atoms with van der Waals surface area (Å²) in [6, 6.07) is 9.65. The summed E-state index contributed by atoms with van der Waals surface area (Å²) in [5.74, 6) is -0.534. The van der Waals surface area contributed by atoms with Crippen molar-refractivity contribution in [3.05, 3.63) is 65.0 Å². The summed E-state index contributed by atoms with van der Waals surface area (Å²) in [5, 5.41) is 1.50. The van der Waals surface area contributed by atoms with E-state index in [2.05, 4.69) is 15.0 Å². The molecule has 1 N–H and O–H groups in total. The number of rotatable bonds is 6. The highest BCUT2D eigenvalue weighted by Crippen LogP contribution is 2.29. The maximum absolute atomic E-state index is 13.6. The Bertz CT molecular complexity index is 1600. The van der Waals surface area contributed by atoms with Crippen LogP contribution < -0.4 is 0 Å². The summed E-state index contributed by atoms with van der Waals surface area (Å²) < 4.78 is 28.4. The number of carbonyl (C=O) groups is 2. The summed E-state index contributed by atoms with van der Waals surface area (Å²) in [6.07, 6.45) is 4.95. The zero-order chi connectivity index (χ0) is 27.0. The molecule has 4 heterocycles. The third-order valence-corrected chi connectivity index (χ3v) is 9.50. The van der Waals surface area contributed by atoms with Gasteiger partial charge < -0.3 is 14.8 Å². The summed E-state index contributed by atoms with van der Waals surface area (Å²) in [4.78, 5) is 41.3. The van der Waals surface area contributed by atoms with Gasteiger partial charge in [0.1, 0.15) is 5.03 Å². The Kier molecular flexibility index (Phi) is 7.23. The van der Waals surface area contributed by atoms with E-state index in [1.165, 1.54) is 20.5 Å². The smallest absolute Gasteiger partial charge is 0.283 e. The van der Waals surface area contributed by atoms with Crippen LogP contribution in [0.1, 0.15) is 16.2 Å². The van der Waals surface area contributed by atoms with Gasteiger partial charge in [0, 0.05) is 74.7 Å². The Morgan fingerprint density at radius 1 is 1.16 bits per heavy atom. The number of H-pyrrole nitrogens is 1. The predicted octanol–water partition coefficient (Wildman–Crippen LogP) is 3.33. The van der Waals surface area contributed by atoms with Crippen LogP contribution in [0.15, 0.2) is 60.0 Å². The molecule has 1 atom stereocenters. The van der Waals surface area contributed by atoms with Gasteiger partial charge in [-0.25, -0.2) is 13.4 Å². The molecule has 0 saturated carbocycles. The van der Waals surface area contributed by atoms with Crippen molar-refractivity contribution >= 4 is 55.7 Å². The molecule has 0 bridgehead atoms. The van der Waals surface area contributed by atoms with E-state index in [4.69, 9.17) is 11.6 Å². The third-order valence-electron chi connectivity index (χ3n) is 6.44. The number of carbonyl (C=O) groups excluding carboxylic acids is 2. The van der Waals surface area contributed by atoms with Gasteiger partial charge in [0.25, 0.3) is 15.9 Å². The maximum atomic E-state index is 13.6. The minimum Gasteiger partial charge on any atom is -0.349 e. The van der Waals surface area contributed by atoms with Crippen LogP contribution in [0.5, 0.6) is 0 Å². The van der Waals surface area contributed by atoms with Gasteiger partial charge in [-0.05, 0) is 42.0 Å². The van der Waals surface area contributed by atoms with Crippen LogP contribution >= 0.6 is 22.9 Å². The molecule has 1 fully saturated rings. The van der Waals surface area contributed by atoms with E-state index in [0.717, 1.165) is 10.4 Å². The van der Waals surface area contributed by atoms with E-state index < -0.39 is 16.1 Å². The van der Waals surface area contributed by atoms with E-state index in [0.29, 0.717) is 15.9 Å². The fourth-order valence-electron chi connectivity index (χ4n) is 4.37. The van der Waals surface area contributed by atoms with Crippen LogP contribution in [0.25, 0.3) is 21.3 Å².